The molecule has 1 atom stereocenters. The molecule has 0 unspecified atom stereocenters. The lowest BCUT2D eigenvalue weighted by Gasteiger charge is -2.16. The molecule has 1 saturated heterocycles. The molecule has 1 amide bonds. The fourth-order valence-corrected chi connectivity index (χ4v) is 1.99. The fourth-order valence-electron chi connectivity index (χ4n) is 1.99. The smallest absolute Gasteiger partial charge is 0.339 e. The van der Waals surface area contributed by atoms with Crippen LogP contribution in [-0.4, -0.2) is 39.7 Å². The van der Waals surface area contributed by atoms with Crippen molar-refractivity contribution in [3.63, 3.8) is 0 Å². The van der Waals surface area contributed by atoms with Gasteiger partial charge in [-0.2, -0.15) is 0 Å². The minimum absolute atomic E-state index is 0.0139. The standard InChI is InChI=1S/C12H11NO6/c14-9-4-7(1-2-8(9)12(18)19)13-5-6(11(16)17)3-10(13)15/h1-2,4,6,14H,3,5H2,(H,16,17)(H,18,19)/t6-/m0/s1. The lowest BCUT2D eigenvalue weighted by atomic mass is 10.1. The maximum atomic E-state index is 11.7. The first-order valence-electron chi connectivity index (χ1n) is 5.49. The van der Waals surface area contributed by atoms with E-state index in [0.717, 1.165) is 6.07 Å². The summed E-state index contributed by atoms with van der Waals surface area (Å²) in [6.45, 7) is 0.0139. The van der Waals surface area contributed by atoms with Crippen LogP contribution in [-0.2, 0) is 9.59 Å². The molecule has 19 heavy (non-hydrogen) atoms. The van der Waals surface area contributed by atoms with E-state index in [1.807, 2.05) is 0 Å². The second-order valence-corrected chi connectivity index (χ2v) is 4.25. The van der Waals surface area contributed by atoms with Gasteiger partial charge in [-0.25, -0.2) is 4.79 Å². The number of nitrogens with zero attached hydrogens (tertiary/aromatic N) is 1. The molecule has 0 bridgehead atoms. The van der Waals surface area contributed by atoms with Gasteiger partial charge in [-0.1, -0.05) is 0 Å². The Morgan fingerprint density at radius 1 is 1.26 bits per heavy atom. The van der Waals surface area contributed by atoms with Gasteiger partial charge in [-0.15, -0.1) is 0 Å². The highest BCUT2D eigenvalue weighted by molar-refractivity contribution is 6.00. The third kappa shape index (κ3) is 2.35. The van der Waals surface area contributed by atoms with Crippen molar-refractivity contribution in [2.24, 2.45) is 5.92 Å². The van der Waals surface area contributed by atoms with E-state index in [9.17, 15) is 19.5 Å². The maximum Gasteiger partial charge on any atom is 0.339 e. The molecule has 1 aliphatic heterocycles. The van der Waals surface area contributed by atoms with Gasteiger partial charge in [-0.05, 0) is 12.1 Å². The van der Waals surface area contributed by atoms with Crippen LogP contribution < -0.4 is 4.90 Å². The first-order valence-corrected chi connectivity index (χ1v) is 5.49. The number of carbonyl (C=O) groups excluding carboxylic acids is 1. The molecule has 2 rings (SSSR count). The summed E-state index contributed by atoms with van der Waals surface area (Å²) in [5.41, 5.74) is 0.0152. The number of carboxylic acids is 2. The van der Waals surface area contributed by atoms with Crippen LogP contribution in [0.1, 0.15) is 16.8 Å². The predicted molar refractivity (Wildman–Crippen MR) is 63.2 cm³/mol. The molecule has 0 radical (unpaired) electrons. The van der Waals surface area contributed by atoms with E-state index < -0.39 is 23.6 Å². The number of carbonyl (C=O) groups is 3. The van der Waals surface area contributed by atoms with Crippen molar-refractivity contribution in [1.82, 2.24) is 0 Å². The van der Waals surface area contributed by atoms with Gasteiger partial charge in [0, 0.05) is 24.7 Å². The van der Waals surface area contributed by atoms with Gasteiger partial charge in [0.25, 0.3) is 0 Å². The summed E-state index contributed by atoms with van der Waals surface area (Å²) in [6, 6.07) is 3.69. The number of aromatic carboxylic acids is 1. The molecule has 3 N–H and O–H groups in total. The summed E-state index contributed by atoms with van der Waals surface area (Å²) in [4.78, 5) is 34.5. The summed E-state index contributed by atoms with van der Waals surface area (Å²) < 4.78 is 0. The van der Waals surface area contributed by atoms with Crippen LogP contribution >= 0.6 is 0 Å². The van der Waals surface area contributed by atoms with Crippen molar-refractivity contribution in [2.75, 3.05) is 11.4 Å². The minimum atomic E-state index is -1.28. The van der Waals surface area contributed by atoms with E-state index in [-0.39, 0.29) is 30.1 Å². The Labute approximate surface area is 107 Å². The van der Waals surface area contributed by atoms with Gasteiger partial charge in [0.2, 0.25) is 5.91 Å². The molecule has 100 valence electrons. The lowest BCUT2D eigenvalue weighted by molar-refractivity contribution is -0.141. The summed E-state index contributed by atoms with van der Waals surface area (Å²) in [5.74, 6) is -3.94. The minimum Gasteiger partial charge on any atom is -0.507 e. The van der Waals surface area contributed by atoms with Crippen molar-refractivity contribution in [3.8, 4) is 5.75 Å². The van der Waals surface area contributed by atoms with E-state index in [4.69, 9.17) is 10.2 Å². The number of hydrogen-bond acceptors (Lipinski definition) is 4. The van der Waals surface area contributed by atoms with Crippen molar-refractivity contribution < 1.29 is 29.7 Å². The molecule has 0 aromatic heterocycles. The number of amides is 1. The van der Waals surface area contributed by atoms with Crippen LogP contribution in [0.3, 0.4) is 0 Å². The quantitative estimate of drug-likeness (QED) is 0.734. The summed E-state index contributed by atoms with van der Waals surface area (Å²) in [5, 5.41) is 27.2. The average molecular weight is 265 g/mol. The highest BCUT2D eigenvalue weighted by Crippen LogP contribution is 2.29. The van der Waals surface area contributed by atoms with Gasteiger partial charge in [0.15, 0.2) is 0 Å². The van der Waals surface area contributed by atoms with Crippen molar-refractivity contribution in [1.29, 1.82) is 0 Å². The number of phenols is 1. The van der Waals surface area contributed by atoms with Crippen molar-refractivity contribution >= 4 is 23.5 Å². The zero-order chi connectivity index (χ0) is 14.2. The van der Waals surface area contributed by atoms with E-state index in [0.29, 0.717) is 0 Å². The Hall–Kier alpha value is -2.57. The first-order chi connectivity index (χ1) is 8.90. The van der Waals surface area contributed by atoms with Crippen LogP contribution in [0.4, 0.5) is 5.69 Å². The summed E-state index contributed by atoms with van der Waals surface area (Å²) in [6.07, 6.45) is -0.100. The molecule has 7 nitrogen and oxygen atoms in total. The van der Waals surface area contributed by atoms with Gasteiger partial charge in [0.05, 0.1) is 5.92 Å². The number of hydrogen-bond donors (Lipinski definition) is 3. The molecule has 1 aliphatic rings. The molecular formula is C12H11NO6. The Morgan fingerprint density at radius 3 is 2.42 bits per heavy atom. The molecule has 1 aromatic rings. The van der Waals surface area contributed by atoms with Crippen LogP contribution in [0, 0.1) is 5.92 Å². The Morgan fingerprint density at radius 2 is 1.95 bits per heavy atom. The number of rotatable bonds is 3. The fraction of sp³-hybridized carbons (Fsp3) is 0.250. The average Bonchev–Trinajstić information content (AvgIpc) is 2.71. The SMILES string of the molecule is O=C(O)c1ccc(N2C[C@@H](C(=O)O)CC2=O)cc1O. The topological polar surface area (TPSA) is 115 Å². The van der Waals surface area contributed by atoms with Crippen LogP contribution in [0.5, 0.6) is 5.75 Å². The van der Waals surface area contributed by atoms with Gasteiger partial charge in [-0.3, -0.25) is 9.59 Å². The molecule has 1 heterocycles. The molecule has 0 saturated carbocycles. The Balaban J connectivity index is 2.28. The van der Waals surface area contributed by atoms with Crippen LogP contribution in [0.25, 0.3) is 0 Å². The Kier molecular flexibility index (Phi) is 3.12. The number of aliphatic carboxylic acids is 1. The second-order valence-electron chi connectivity index (χ2n) is 4.25. The number of carboxylic acid groups (broad SMARTS) is 2. The number of benzene rings is 1. The predicted octanol–water partition coefficient (Wildman–Crippen LogP) is 0.528. The van der Waals surface area contributed by atoms with Gasteiger partial charge in [0.1, 0.15) is 11.3 Å². The van der Waals surface area contributed by atoms with E-state index in [1.165, 1.54) is 17.0 Å². The first kappa shape index (κ1) is 12.9. The molecule has 0 aliphatic carbocycles. The molecular weight excluding hydrogens is 254 g/mol. The number of aromatic hydroxyl groups is 1. The third-order valence-corrected chi connectivity index (χ3v) is 3.00. The molecule has 1 fully saturated rings. The molecule has 1 aromatic carbocycles. The molecule has 0 spiro atoms. The molecule has 7 heteroatoms. The lowest BCUT2D eigenvalue weighted by Crippen LogP contribution is -2.25. The largest absolute Gasteiger partial charge is 0.507 e. The van der Waals surface area contributed by atoms with E-state index >= 15 is 0 Å². The van der Waals surface area contributed by atoms with E-state index in [1.54, 1.807) is 0 Å². The number of anilines is 1. The maximum absolute atomic E-state index is 11.7. The van der Waals surface area contributed by atoms with Crippen LogP contribution in [0.2, 0.25) is 0 Å². The van der Waals surface area contributed by atoms with Gasteiger partial charge >= 0.3 is 11.9 Å². The van der Waals surface area contributed by atoms with E-state index in [2.05, 4.69) is 0 Å². The second kappa shape index (κ2) is 4.60. The zero-order valence-corrected chi connectivity index (χ0v) is 9.74. The van der Waals surface area contributed by atoms with Gasteiger partial charge < -0.3 is 20.2 Å². The summed E-state index contributed by atoms with van der Waals surface area (Å²) in [7, 11) is 0. The van der Waals surface area contributed by atoms with Crippen molar-refractivity contribution in [2.45, 2.75) is 6.42 Å². The zero-order valence-electron chi connectivity index (χ0n) is 9.74. The van der Waals surface area contributed by atoms with Crippen molar-refractivity contribution in [3.05, 3.63) is 23.8 Å². The van der Waals surface area contributed by atoms with Crippen LogP contribution in [0.15, 0.2) is 18.2 Å². The summed E-state index contributed by atoms with van der Waals surface area (Å²) >= 11 is 0. The highest BCUT2D eigenvalue weighted by atomic mass is 16.4. The normalized spacial score (nSPS) is 18.6. The monoisotopic (exact) mass is 265 g/mol. The third-order valence-electron chi connectivity index (χ3n) is 3.00. The highest BCUT2D eigenvalue weighted by Gasteiger charge is 2.35. The Bertz CT molecular complexity index is 567.